The predicted molar refractivity (Wildman–Crippen MR) is 130 cm³/mol. The van der Waals surface area contributed by atoms with Crippen LogP contribution >= 0.6 is 0 Å². The van der Waals surface area contributed by atoms with Crippen molar-refractivity contribution in [3.8, 4) is 0 Å². The van der Waals surface area contributed by atoms with Crippen LogP contribution < -0.4 is 16.2 Å². The molecule has 1 atom stereocenters. The number of aliphatic imine (C=N–C) groups is 1. The SMILES string of the molecule is Cc1cc2c(c(=O)n1CC(=O)NC1C3=CN=C1c1ccccc13)NC(=O)OC2(C(C)C)C(C)C. The van der Waals surface area contributed by atoms with Crippen LogP contribution in [0.15, 0.2) is 46.3 Å². The van der Waals surface area contributed by atoms with E-state index in [4.69, 9.17) is 4.74 Å². The number of pyridine rings is 1. The average molecular weight is 461 g/mol. The molecule has 2 aromatic rings. The van der Waals surface area contributed by atoms with Gasteiger partial charge in [0.15, 0.2) is 0 Å². The van der Waals surface area contributed by atoms with Gasteiger partial charge in [0.05, 0.1) is 11.8 Å². The highest BCUT2D eigenvalue weighted by Crippen LogP contribution is 2.46. The van der Waals surface area contributed by atoms with Gasteiger partial charge >= 0.3 is 6.09 Å². The number of cyclic esters (lactones) is 1. The number of benzene rings is 1. The van der Waals surface area contributed by atoms with Crippen molar-refractivity contribution < 1.29 is 14.3 Å². The molecule has 3 heterocycles. The van der Waals surface area contributed by atoms with Gasteiger partial charge in [0.1, 0.15) is 17.8 Å². The van der Waals surface area contributed by atoms with Crippen LogP contribution in [0.5, 0.6) is 0 Å². The Morgan fingerprint density at radius 3 is 2.50 bits per heavy atom. The average Bonchev–Trinajstić information content (AvgIpc) is 3.32. The van der Waals surface area contributed by atoms with Gasteiger partial charge in [-0.15, -0.1) is 0 Å². The summed E-state index contributed by atoms with van der Waals surface area (Å²) in [4.78, 5) is 43.4. The molecule has 2 N–H and O–H groups in total. The Morgan fingerprint density at radius 2 is 1.85 bits per heavy atom. The molecular formula is C26H28N4O4. The molecule has 8 heteroatoms. The Hall–Kier alpha value is -3.68. The van der Waals surface area contributed by atoms with Crippen molar-refractivity contribution in [3.05, 3.63) is 69.3 Å². The standard InChI is InChI=1S/C26H28N4O4/c1-13(2)26(14(3)4)19-10-15(5)30(24(32)23(19)29-25(33)34-26)12-20(31)28-22-18-11-27-21(22)17-9-7-6-8-16(17)18/h6-11,13-14,22H,12H2,1-5H3,(H,28,31)(H,29,33). The second-order valence-corrected chi connectivity index (χ2v) is 9.73. The van der Waals surface area contributed by atoms with E-state index in [9.17, 15) is 14.4 Å². The third-order valence-electron chi connectivity index (χ3n) is 7.18. The first-order valence-corrected chi connectivity index (χ1v) is 11.6. The fourth-order valence-corrected chi connectivity index (χ4v) is 5.60. The van der Waals surface area contributed by atoms with E-state index in [1.165, 1.54) is 4.57 Å². The van der Waals surface area contributed by atoms with Gasteiger partial charge in [-0.05, 0) is 30.4 Å². The zero-order valence-corrected chi connectivity index (χ0v) is 19.9. The van der Waals surface area contributed by atoms with Crippen LogP contribution in [0, 0.1) is 18.8 Å². The summed E-state index contributed by atoms with van der Waals surface area (Å²) in [5, 5.41) is 5.61. The second-order valence-electron chi connectivity index (χ2n) is 9.73. The molecule has 0 fully saturated rings. The van der Waals surface area contributed by atoms with Crippen molar-refractivity contribution in [2.75, 3.05) is 5.32 Å². The van der Waals surface area contributed by atoms with Crippen LogP contribution in [0.1, 0.15) is 50.1 Å². The van der Waals surface area contributed by atoms with E-state index in [2.05, 4.69) is 15.6 Å². The second kappa shape index (κ2) is 7.68. The van der Waals surface area contributed by atoms with Crippen LogP contribution in [-0.2, 0) is 21.7 Å². The zero-order valence-electron chi connectivity index (χ0n) is 19.9. The summed E-state index contributed by atoms with van der Waals surface area (Å²) < 4.78 is 7.20. The van der Waals surface area contributed by atoms with Gasteiger partial charge in [-0.25, -0.2) is 4.79 Å². The molecular weight excluding hydrogens is 432 g/mol. The number of anilines is 1. The van der Waals surface area contributed by atoms with Crippen LogP contribution in [0.4, 0.5) is 10.5 Å². The monoisotopic (exact) mass is 460 g/mol. The summed E-state index contributed by atoms with van der Waals surface area (Å²) in [6.07, 6.45) is 1.13. The molecule has 0 saturated heterocycles. The topological polar surface area (TPSA) is 102 Å². The van der Waals surface area contributed by atoms with E-state index in [0.717, 1.165) is 22.4 Å². The number of hydrogen-bond donors (Lipinski definition) is 2. The number of aryl methyl sites for hydroxylation is 1. The first kappa shape index (κ1) is 22.1. The molecule has 5 rings (SSSR count). The van der Waals surface area contributed by atoms with E-state index >= 15 is 0 Å². The lowest BCUT2D eigenvalue weighted by Gasteiger charge is -2.44. The number of fused-ring (bicyclic) bond motifs is 6. The Morgan fingerprint density at radius 1 is 1.18 bits per heavy atom. The third-order valence-corrected chi connectivity index (χ3v) is 7.18. The molecule has 1 aromatic carbocycles. The number of nitrogens with zero attached hydrogens (tertiary/aromatic N) is 2. The maximum absolute atomic E-state index is 13.5. The quantitative estimate of drug-likeness (QED) is 0.712. The van der Waals surface area contributed by atoms with Gasteiger partial charge in [0.25, 0.3) is 5.56 Å². The first-order valence-electron chi connectivity index (χ1n) is 11.6. The third kappa shape index (κ3) is 3.04. The van der Waals surface area contributed by atoms with Crippen molar-refractivity contribution in [1.29, 1.82) is 0 Å². The maximum Gasteiger partial charge on any atom is 0.412 e. The zero-order chi connectivity index (χ0) is 24.4. The fraction of sp³-hybridized carbons (Fsp3) is 0.385. The van der Waals surface area contributed by atoms with Crippen LogP contribution in [0.2, 0.25) is 0 Å². The predicted octanol–water partition coefficient (Wildman–Crippen LogP) is 3.57. The minimum Gasteiger partial charge on any atom is -0.437 e. The highest BCUT2D eigenvalue weighted by Gasteiger charge is 2.48. The maximum atomic E-state index is 13.5. The van der Waals surface area contributed by atoms with Gasteiger partial charge in [-0.3, -0.25) is 19.9 Å². The van der Waals surface area contributed by atoms with E-state index < -0.39 is 17.3 Å². The summed E-state index contributed by atoms with van der Waals surface area (Å²) in [6, 6.07) is 9.45. The molecule has 2 amide bonds. The fourth-order valence-electron chi connectivity index (χ4n) is 5.60. The summed E-state index contributed by atoms with van der Waals surface area (Å²) in [6.45, 7) is 9.52. The van der Waals surface area contributed by atoms with Crippen molar-refractivity contribution >= 4 is 29.0 Å². The van der Waals surface area contributed by atoms with E-state index in [0.29, 0.717) is 11.3 Å². The van der Waals surface area contributed by atoms with Crippen LogP contribution in [0.25, 0.3) is 5.57 Å². The van der Waals surface area contributed by atoms with Gasteiger partial charge in [-0.1, -0.05) is 52.0 Å². The summed E-state index contributed by atoms with van der Waals surface area (Å²) in [5.74, 6) is -0.409. The number of rotatable bonds is 5. The van der Waals surface area contributed by atoms with Crippen molar-refractivity contribution in [3.63, 3.8) is 0 Å². The molecule has 34 heavy (non-hydrogen) atoms. The molecule has 2 aliphatic heterocycles. The number of hydrogen-bond acceptors (Lipinski definition) is 5. The van der Waals surface area contributed by atoms with Gasteiger partial charge < -0.3 is 14.6 Å². The lowest BCUT2D eigenvalue weighted by molar-refractivity contribution is -0.121. The minimum absolute atomic E-state index is 0.0521. The highest BCUT2D eigenvalue weighted by molar-refractivity contribution is 6.23. The molecule has 1 aliphatic carbocycles. The summed E-state index contributed by atoms with van der Waals surface area (Å²) in [7, 11) is 0. The molecule has 3 aliphatic rings. The van der Waals surface area contributed by atoms with Crippen molar-refractivity contribution in [2.45, 2.75) is 52.8 Å². The van der Waals surface area contributed by atoms with Crippen molar-refractivity contribution in [1.82, 2.24) is 9.88 Å². The number of ether oxygens (including phenoxy) is 1. The van der Waals surface area contributed by atoms with Gasteiger partial charge in [0, 0.05) is 28.6 Å². The number of carbonyl (C=O) groups excluding carboxylic acids is 2. The molecule has 1 unspecified atom stereocenters. The van der Waals surface area contributed by atoms with Crippen LogP contribution in [0.3, 0.4) is 0 Å². The number of nitrogens with one attached hydrogen (secondary N) is 2. The van der Waals surface area contributed by atoms with E-state index in [1.807, 2.05) is 58.0 Å². The number of amides is 2. The van der Waals surface area contributed by atoms with E-state index in [1.54, 1.807) is 13.1 Å². The Labute approximate surface area is 197 Å². The minimum atomic E-state index is -0.928. The largest absolute Gasteiger partial charge is 0.437 e. The Kier molecular flexibility index (Phi) is 5.00. The Balaban J connectivity index is 1.46. The number of carbonyl (C=O) groups is 2. The molecule has 1 aromatic heterocycles. The molecule has 176 valence electrons. The van der Waals surface area contributed by atoms with Gasteiger partial charge in [0.2, 0.25) is 5.91 Å². The number of aromatic nitrogens is 1. The normalized spacial score (nSPS) is 19.3. The van der Waals surface area contributed by atoms with E-state index in [-0.39, 0.29) is 36.0 Å². The van der Waals surface area contributed by atoms with Crippen LogP contribution in [-0.4, -0.2) is 28.3 Å². The molecule has 2 bridgehead atoms. The van der Waals surface area contributed by atoms with Crippen molar-refractivity contribution in [2.24, 2.45) is 16.8 Å². The first-order chi connectivity index (χ1) is 16.1. The molecule has 0 spiro atoms. The molecule has 8 nitrogen and oxygen atoms in total. The van der Waals surface area contributed by atoms with Gasteiger partial charge in [-0.2, -0.15) is 0 Å². The lowest BCUT2D eigenvalue weighted by Crippen LogP contribution is -2.50. The smallest absolute Gasteiger partial charge is 0.412 e. The lowest BCUT2D eigenvalue weighted by atomic mass is 9.73. The Bertz CT molecular complexity index is 1300. The molecule has 0 radical (unpaired) electrons. The summed E-state index contributed by atoms with van der Waals surface area (Å²) in [5.41, 5.74) is 3.98. The highest BCUT2D eigenvalue weighted by atomic mass is 16.6. The molecule has 0 saturated carbocycles. The summed E-state index contributed by atoms with van der Waals surface area (Å²) >= 11 is 0.